The first-order chi connectivity index (χ1) is 17.5. The number of carbonyl (C=O) groups excluding carboxylic acids is 5. The molecule has 0 spiro atoms. The maximum Gasteiger partial charge on any atom is 0.355 e. The molecule has 37 heavy (non-hydrogen) atoms. The van der Waals surface area contributed by atoms with Crippen LogP contribution in [-0.2, 0) is 35.2 Å². The number of anilines is 1. The molecule has 204 valence electrons. The summed E-state index contributed by atoms with van der Waals surface area (Å²) in [6.45, 7) is 6.26. The fourth-order valence-corrected chi connectivity index (χ4v) is 4.28. The lowest BCUT2D eigenvalue weighted by molar-refractivity contribution is -0.199. The van der Waals surface area contributed by atoms with Crippen LogP contribution in [0.25, 0.3) is 0 Å². The topological polar surface area (TPSA) is 125 Å². The minimum atomic E-state index is -1.12. The van der Waals surface area contributed by atoms with Gasteiger partial charge in [-0.15, -0.1) is 28.3 Å². The number of hydrogen-bond donors (Lipinski definition) is 2. The average Bonchev–Trinajstić information content (AvgIpc) is 3.15. The van der Waals surface area contributed by atoms with Crippen molar-refractivity contribution < 1.29 is 28.8 Å². The molecule has 0 aliphatic carbocycles. The van der Waals surface area contributed by atoms with E-state index in [1.54, 1.807) is 0 Å². The highest BCUT2D eigenvalue weighted by atomic mass is 35.5. The largest absolute Gasteiger partial charge is 0.369 e. The molecule has 1 fully saturated rings. The molecule has 1 aromatic carbocycles. The first-order valence-corrected chi connectivity index (χ1v) is 13.2. The summed E-state index contributed by atoms with van der Waals surface area (Å²) < 4.78 is 0. The van der Waals surface area contributed by atoms with Crippen molar-refractivity contribution in [3.63, 3.8) is 0 Å². The number of imide groups is 1. The first-order valence-electron chi connectivity index (χ1n) is 12.2. The molecule has 10 nitrogen and oxygen atoms in total. The van der Waals surface area contributed by atoms with Crippen LogP contribution >= 0.6 is 23.2 Å². The lowest BCUT2D eigenvalue weighted by Gasteiger charge is -2.25. The highest BCUT2D eigenvalue weighted by molar-refractivity contribution is 6.18. The molecular formula is C25H34Cl2N4O6. The normalized spacial score (nSPS) is 14.9. The van der Waals surface area contributed by atoms with Crippen molar-refractivity contribution in [2.24, 2.45) is 5.92 Å². The average molecular weight is 557 g/mol. The Balaban J connectivity index is 2.14. The highest BCUT2D eigenvalue weighted by Gasteiger charge is 2.36. The lowest BCUT2D eigenvalue weighted by Crippen LogP contribution is -2.53. The Morgan fingerprint density at radius 3 is 2.03 bits per heavy atom. The van der Waals surface area contributed by atoms with Gasteiger partial charge in [0.25, 0.3) is 11.8 Å². The number of rotatable bonds is 14. The molecule has 0 unspecified atom stereocenters. The van der Waals surface area contributed by atoms with Gasteiger partial charge in [0.05, 0.1) is 0 Å². The van der Waals surface area contributed by atoms with Crippen LogP contribution in [0.1, 0.15) is 45.6 Å². The van der Waals surface area contributed by atoms with Crippen LogP contribution in [-0.4, -0.2) is 71.6 Å². The molecule has 2 rings (SSSR count). The van der Waals surface area contributed by atoms with Crippen molar-refractivity contribution in [2.75, 3.05) is 29.7 Å². The van der Waals surface area contributed by atoms with E-state index in [-0.39, 0.29) is 31.6 Å². The predicted octanol–water partition coefficient (Wildman–Crippen LogP) is 2.16. The van der Waals surface area contributed by atoms with Crippen LogP contribution in [0.5, 0.6) is 0 Å². The van der Waals surface area contributed by atoms with Gasteiger partial charge in [0.1, 0.15) is 12.1 Å². The third-order valence-electron chi connectivity index (χ3n) is 5.64. The number of halogens is 2. The molecule has 1 aliphatic heterocycles. The number of nitrogens with zero attached hydrogens (tertiary/aromatic N) is 2. The summed E-state index contributed by atoms with van der Waals surface area (Å²) in [7, 11) is 0. The van der Waals surface area contributed by atoms with Crippen molar-refractivity contribution in [1.29, 1.82) is 0 Å². The lowest BCUT2D eigenvalue weighted by atomic mass is 10.0. The van der Waals surface area contributed by atoms with Crippen molar-refractivity contribution in [3.8, 4) is 0 Å². The van der Waals surface area contributed by atoms with Crippen molar-refractivity contribution in [1.82, 2.24) is 15.7 Å². The smallest absolute Gasteiger partial charge is 0.355 e. The molecule has 0 radical (unpaired) electrons. The van der Waals surface area contributed by atoms with E-state index in [1.807, 2.05) is 43.0 Å². The summed E-state index contributed by atoms with van der Waals surface area (Å²) in [6, 6.07) is 5.38. The van der Waals surface area contributed by atoms with Gasteiger partial charge in [-0.1, -0.05) is 26.0 Å². The second-order valence-electron chi connectivity index (χ2n) is 9.17. The summed E-state index contributed by atoms with van der Waals surface area (Å²) in [5.41, 5.74) is 1.71. The van der Waals surface area contributed by atoms with Gasteiger partial charge in [0.2, 0.25) is 11.8 Å². The van der Waals surface area contributed by atoms with Crippen LogP contribution in [0, 0.1) is 5.92 Å². The molecular weight excluding hydrogens is 523 g/mol. The number of hydroxylamine groups is 2. The van der Waals surface area contributed by atoms with Crippen LogP contribution in [0.4, 0.5) is 5.69 Å². The summed E-state index contributed by atoms with van der Waals surface area (Å²) in [5.74, 6) is -2.26. The van der Waals surface area contributed by atoms with E-state index in [0.717, 1.165) is 11.3 Å². The maximum atomic E-state index is 13.2. The minimum absolute atomic E-state index is 0.0153. The number of nitrogens with one attached hydrogen (secondary N) is 2. The Bertz CT molecular complexity index is 950. The summed E-state index contributed by atoms with van der Waals surface area (Å²) in [6.07, 6.45) is 0.307. The number of benzene rings is 1. The fourth-order valence-electron chi connectivity index (χ4n) is 3.88. The Labute approximate surface area is 226 Å². The van der Waals surface area contributed by atoms with Crippen LogP contribution < -0.4 is 15.5 Å². The van der Waals surface area contributed by atoms with Crippen LogP contribution in [0.3, 0.4) is 0 Å². The number of alkyl halides is 2. The van der Waals surface area contributed by atoms with Crippen molar-refractivity contribution in [2.45, 2.75) is 58.5 Å². The van der Waals surface area contributed by atoms with Crippen molar-refractivity contribution >= 4 is 58.5 Å². The van der Waals surface area contributed by atoms with Crippen LogP contribution in [0.15, 0.2) is 24.3 Å². The number of carbonyl (C=O) groups is 5. The summed E-state index contributed by atoms with van der Waals surface area (Å²) in [5, 5.41) is 5.70. The second kappa shape index (κ2) is 14.8. The summed E-state index contributed by atoms with van der Waals surface area (Å²) in [4.78, 5) is 68.5. The van der Waals surface area contributed by atoms with Gasteiger partial charge in [0, 0.05) is 56.7 Å². The van der Waals surface area contributed by atoms with E-state index in [9.17, 15) is 24.0 Å². The van der Waals surface area contributed by atoms with E-state index in [1.165, 1.54) is 6.92 Å². The Kier molecular flexibility index (Phi) is 12.1. The molecule has 1 aromatic rings. The van der Waals surface area contributed by atoms with Gasteiger partial charge in [-0.25, -0.2) is 4.79 Å². The number of hydrogen-bond acceptors (Lipinski definition) is 7. The zero-order valence-corrected chi connectivity index (χ0v) is 22.8. The molecule has 12 heteroatoms. The van der Waals surface area contributed by atoms with E-state index < -0.39 is 41.7 Å². The van der Waals surface area contributed by atoms with Crippen LogP contribution in [0.2, 0.25) is 0 Å². The number of amides is 4. The van der Waals surface area contributed by atoms with Gasteiger partial charge >= 0.3 is 5.97 Å². The third kappa shape index (κ3) is 9.51. The van der Waals surface area contributed by atoms with E-state index >= 15 is 0 Å². The molecule has 1 heterocycles. The van der Waals surface area contributed by atoms with Gasteiger partial charge in [0.15, 0.2) is 0 Å². The molecule has 2 atom stereocenters. The minimum Gasteiger partial charge on any atom is -0.369 e. The maximum absolute atomic E-state index is 13.2. The predicted molar refractivity (Wildman–Crippen MR) is 140 cm³/mol. The fraction of sp³-hybridized carbons (Fsp3) is 0.560. The van der Waals surface area contributed by atoms with Crippen molar-refractivity contribution in [3.05, 3.63) is 29.8 Å². The molecule has 0 bridgehead atoms. The van der Waals surface area contributed by atoms with Gasteiger partial charge in [-0.3, -0.25) is 19.2 Å². The van der Waals surface area contributed by atoms with E-state index in [2.05, 4.69) is 10.6 Å². The van der Waals surface area contributed by atoms with Gasteiger partial charge in [-0.2, -0.15) is 0 Å². The molecule has 1 saturated heterocycles. The molecule has 4 amide bonds. The quantitative estimate of drug-likeness (QED) is 0.265. The standard InChI is InChI=1S/C25H34Cl2N4O6/c1-16(2)14-21(25(36)37-31-22(33)8-9-23(31)34)29-24(35)20(28-17(3)32)15-18-4-6-19(7-5-18)30(12-10-26)13-11-27/h4-7,16,20-21H,8-15H2,1-3H3,(H,28,32)(H,29,35)/t20-,21+/m0/s1. The molecule has 2 N–H and O–H groups in total. The molecule has 0 saturated carbocycles. The van der Waals surface area contributed by atoms with E-state index in [0.29, 0.717) is 29.9 Å². The third-order valence-corrected chi connectivity index (χ3v) is 5.98. The zero-order valence-electron chi connectivity index (χ0n) is 21.3. The van der Waals surface area contributed by atoms with Gasteiger partial charge in [-0.05, 0) is 30.0 Å². The zero-order chi connectivity index (χ0) is 27.5. The Morgan fingerprint density at radius 1 is 0.973 bits per heavy atom. The Hall–Kier alpha value is -2.85. The van der Waals surface area contributed by atoms with Gasteiger partial charge < -0.3 is 20.4 Å². The first kappa shape index (κ1) is 30.4. The second-order valence-corrected chi connectivity index (χ2v) is 9.93. The van der Waals surface area contributed by atoms with E-state index in [4.69, 9.17) is 28.0 Å². The highest BCUT2D eigenvalue weighted by Crippen LogP contribution is 2.18. The molecule has 1 aliphatic rings. The summed E-state index contributed by atoms with van der Waals surface area (Å²) >= 11 is 11.8. The SMILES string of the molecule is CC(=O)N[C@@H](Cc1ccc(N(CCCl)CCCl)cc1)C(=O)N[C@H](CC(C)C)C(=O)ON1C(=O)CCC1=O. The molecule has 0 aromatic heterocycles. The Morgan fingerprint density at radius 2 is 1.54 bits per heavy atom. The monoisotopic (exact) mass is 556 g/mol.